The van der Waals surface area contributed by atoms with Gasteiger partial charge in [-0.2, -0.15) is 10.2 Å². The molecule has 1 aliphatic carbocycles. The van der Waals surface area contributed by atoms with Crippen molar-refractivity contribution >= 4 is 70.0 Å². The first kappa shape index (κ1) is 44.3. The number of pyridine rings is 1. The second-order valence-electron chi connectivity index (χ2n) is 14.8. The van der Waals surface area contributed by atoms with Crippen LogP contribution >= 0.6 is 27.5 Å². The Hall–Kier alpha value is -4.21. The third kappa shape index (κ3) is 9.57. The van der Waals surface area contributed by atoms with Crippen LogP contribution in [0.15, 0.2) is 46.9 Å². The summed E-state index contributed by atoms with van der Waals surface area (Å²) in [5.74, 6) is -3.03. The molecule has 1 fully saturated rings. The van der Waals surface area contributed by atoms with Crippen LogP contribution in [0.4, 0.5) is 32.2 Å². The Morgan fingerprint density at radius 1 is 0.966 bits per heavy atom. The fraction of sp³-hybridized carbons (Fsp3) is 0.405. The van der Waals surface area contributed by atoms with E-state index in [9.17, 15) is 48.0 Å². The molecule has 59 heavy (non-hydrogen) atoms. The van der Waals surface area contributed by atoms with Crippen molar-refractivity contribution in [1.82, 2.24) is 29.9 Å². The van der Waals surface area contributed by atoms with E-state index in [0.29, 0.717) is 40.4 Å². The number of carbonyl (C=O) groups excluding carboxylic acids is 1. The van der Waals surface area contributed by atoms with Gasteiger partial charge in [-0.3, -0.25) is 23.9 Å². The van der Waals surface area contributed by atoms with Gasteiger partial charge in [-0.1, -0.05) is 23.7 Å². The Balaban J connectivity index is 1.52. The predicted molar refractivity (Wildman–Crippen MR) is 213 cm³/mol. The van der Waals surface area contributed by atoms with Crippen molar-refractivity contribution in [3.05, 3.63) is 91.9 Å². The van der Waals surface area contributed by atoms with E-state index in [1.165, 1.54) is 17.8 Å². The largest absolute Gasteiger partial charge is 0.346 e. The summed E-state index contributed by atoms with van der Waals surface area (Å²) in [4.78, 5) is 18.7. The fourth-order valence-corrected chi connectivity index (χ4v) is 10.3. The average Bonchev–Trinajstić information content (AvgIpc) is 3.86. The van der Waals surface area contributed by atoms with Gasteiger partial charge in [0.2, 0.25) is 15.9 Å². The number of nitrogens with zero attached hydrogens (tertiary/aromatic N) is 5. The summed E-state index contributed by atoms with van der Waals surface area (Å²) in [5.41, 5.74) is -0.674. The van der Waals surface area contributed by atoms with Gasteiger partial charge in [0.05, 0.1) is 48.4 Å². The number of rotatable bonds is 16. The lowest BCUT2D eigenvalue weighted by Gasteiger charge is -2.26. The first-order valence-electron chi connectivity index (χ1n) is 17.9. The van der Waals surface area contributed by atoms with Crippen molar-refractivity contribution in [3.63, 3.8) is 0 Å². The average molecular weight is 953 g/mol. The molecule has 0 radical (unpaired) electrons. The van der Waals surface area contributed by atoms with E-state index in [4.69, 9.17) is 16.6 Å². The van der Waals surface area contributed by atoms with Crippen LogP contribution in [0, 0.1) is 11.6 Å². The van der Waals surface area contributed by atoms with Crippen molar-refractivity contribution in [3.8, 4) is 11.1 Å². The molecule has 0 unspecified atom stereocenters. The van der Waals surface area contributed by atoms with Gasteiger partial charge >= 0.3 is 0 Å². The van der Waals surface area contributed by atoms with E-state index < -0.39 is 88.7 Å². The van der Waals surface area contributed by atoms with Gasteiger partial charge in [-0.25, -0.2) is 43.2 Å². The van der Waals surface area contributed by atoms with Gasteiger partial charge < -0.3 is 5.32 Å². The number of aryl methyl sites for hydroxylation is 2. The number of hydrogen-bond donors (Lipinski definition) is 2. The first-order chi connectivity index (χ1) is 27.5. The van der Waals surface area contributed by atoms with Crippen LogP contribution in [-0.4, -0.2) is 63.5 Å². The summed E-state index contributed by atoms with van der Waals surface area (Å²) in [6.45, 7) is 2.25. The summed E-state index contributed by atoms with van der Waals surface area (Å²) in [7, 11) is -5.84. The zero-order chi connectivity index (χ0) is 43.4. The fourth-order valence-electron chi connectivity index (χ4n) is 6.89. The van der Waals surface area contributed by atoms with Crippen LogP contribution in [0.1, 0.15) is 80.3 Å². The zero-order valence-corrected chi connectivity index (χ0v) is 35.7. The highest BCUT2D eigenvalue weighted by molar-refractivity contribution is 9.10. The van der Waals surface area contributed by atoms with Gasteiger partial charge in [0.25, 0.3) is 12.9 Å². The van der Waals surface area contributed by atoms with Crippen LogP contribution in [0.5, 0.6) is 0 Å². The lowest BCUT2D eigenvalue weighted by molar-refractivity contribution is -0.122. The molecule has 1 saturated carbocycles. The molecule has 2 N–H and O–H groups in total. The maximum atomic E-state index is 14.6. The molecule has 1 amide bonds. The normalized spacial score (nSPS) is 14.4. The Morgan fingerprint density at radius 3 is 2.20 bits per heavy atom. The van der Waals surface area contributed by atoms with Gasteiger partial charge in [0.1, 0.15) is 29.6 Å². The van der Waals surface area contributed by atoms with Gasteiger partial charge in [0, 0.05) is 29.9 Å². The highest BCUT2D eigenvalue weighted by atomic mass is 79.9. The van der Waals surface area contributed by atoms with E-state index in [2.05, 4.69) is 36.2 Å². The Labute approximate surface area is 348 Å². The zero-order valence-electron chi connectivity index (χ0n) is 31.7. The summed E-state index contributed by atoms with van der Waals surface area (Å²) in [6, 6.07) is 7.59. The number of hydrogen-bond acceptors (Lipinski definition) is 8. The standard InChI is InChI=1S/C37H37BrClF6N7O5S2/c1-37(2,59(56,57)22-6-7-22)12-11-21-5-8-23(24-9-10-25(39)28-32(24)51(3)49-36(28)50-58(4,54)55)30(46-21)26(15-18-13-19(40)16-20(41)14-18)47-27(53)17-52-33(35(44)45)29(38)31(48-52)34(42)43/h5,8-10,13-14,16,22,26,34-35H,6-7,11-12,15,17H2,1-4H3,(H,47,53)(H,49,50)/t26-/m0/s1. The number of aromatic nitrogens is 5. The number of carbonyl (C=O) groups is 1. The molecule has 0 aliphatic heterocycles. The molecule has 0 saturated heterocycles. The smallest absolute Gasteiger partial charge is 0.283 e. The number of sulfonamides is 1. The molecule has 318 valence electrons. The third-order valence-electron chi connectivity index (χ3n) is 9.90. The van der Waals surface area contributed by atoms with Crippen LogP contribution in [0.2, 0.25) is 5.02 Å². The summed E-state index contributed by atoms with van der Waals surface area (Å²) < 4.78 is 138. The maximum absolute atomic E-state index is 14.6. The molecule has 22 heteroatoms. The molecular weight excluding hydrogens is 916 g/mol. The van der Waals surface area contributed by atoms with Crippen LogP contribution in [0.25, 0.3) is 22.0 Å². The number of benzene rings is 2. The number of nitrogens with one attached hydrogen (secondary N) is 2. The number of anilines is 1. The molecule has 3 heterocycles. The minimum atomic E-state index is -3.85. The molecule has 12 nitrogen and oxygen atoms in total. The molecule has 5 aromatic rings. The topological polar surface area (TPSA) is 158 Å². The monoisotopic (exact) mass is 951 g/mol. The molecule has 0 spiro atoms. The molecule has 1 atom stereocenters. The first-order valence-corrected chi connectivity index (χ1v) is 22.5. The van der Waals surface area contributed by atoms with Crippen LogP contribution in [-0.2, 0) is 51.1 Å². The van der Waals surface area contributed by atoms with Crippen molar-refractivity contribution < 1.29 is 48.0 Å². The van der Waals surface area contributed by atoms with Gasteiger partial charge in [-0.15, -0.1) is 0 Å². The van der Waals surface area contributed by atoms with E-state index in [-0.39, 0.29) is 52.3 Å². The molecule has 3 aromatic heterocycles. The predicted octanol–water partition coefficient (Wildman–Crippen LogP) is 8.16. The number of alkyl halides is 4. The summed E-state index contributed by atoms with van der Waals surface area (Å²) >= 11 is 9.33. The molecular formula is C37H37BrClF6N7O5S2. The number of halogens is 8. The SMILES string of the molecule is Cn1nc(NS(C)(=O)=O)c2c(Cl)ccc(-c3ccc(CCC(C)(C)S(=O)(=O)C4CC4)nc3[C@H](Cc3cc(F)cc(F)c3)NC(=O)Cn3nc(C(F)F)c(Br)c3C(F)F)c21. The van der Waals surface area contributed by atoms with E-state index in [1.54, 1.807) is 32.0 Å². The van der Waals surface area contributed by atoms with Crippen molar-refractivity contribution in [2.75, 3.05) is 11.0 Å². The Morgan fingerprint density at radius 2 is 1.61 bits per heavy atom. The summed E-state index contributed by atoms with van der Waals surface area (Å²) in [6.07, 6.45) is -4.66. The maximum Gasteiger partial charge on any atom is 0.283 e. The number of amides is 1. The highest BCUT2D eigenvalue weighted by Crippen LogP contribution is 2.42. The van der Waals surface area contributed by atoms with Crippen LogP contribution < -0.4 is 10.0 Å². The van der Waals surface area contributed by atoms with Crippen molar-refractivity contribution in [2.24, 2.45) is 7.05 Å². The quantitative estimate of drug-likeness (QED) is 0.0939. The second kappa shape index (κ2) is 16.7. The van der Waals surface area contributed by atoms with Gasteiger partial charge in [0.15, 0.2) is 15.7 Å². The van der Waals surface area contributed by atoms with Crippen LogP contribution in [0.3, 0.4) is 0 Å². The van der Waals surface area contributed by atoms with E-state index in [0.717, 1.165) is 18.4 Å². The molecule has 1 aliphatic rings. The van der Waals surface area contributed by atoms with Crippen molar-refractivity contribution in [1.29, 1.82) is 0 Å². The Kier molecular flexibility index (Phi) is 12.5. The molecule has 2 aromatic carbocycles. The molecule has 6 rings (SSSR count). The van der Waals surface area contributed by atoms with E-state index >= 15 is 0 Å². The Bertz CT molecular complexity index is 2650. The molecule has 0 bridgehead atoms. The number of sulfone groups is 1. The lowest BCUT2D eigenvalue weighted by atomic mass is 9.93. The second-order valence-corrected chi connectivity index (χ2v) is 20.7. The highest BCUT2D eigenvalue weighted by Gasteiger charge is 2.45. The van der Waals surface area contributed by atoms with Gasteiger partial charge in [-0.05, 0) is 91.7 Å². The van der Waals surface area contributed by atoms with Crippen molar-refractivity contribution in [2.45, 2.75) is 81.4 Å². The van der Waals surface area contributed by atoms with E-state index in [1.807, 2.05) is 0 Å². The lowest BCUT2D eigenvalue weighted by Crippen LogP contribution is -2.35. The minimum absolute atomic E-state index is 0.0270. The summed E-state index contributed by atoms with van der Waals surface area (Å²) in [5, 5.41) is 10.4. The minimum Gasteiger partial charge on any atom is -0.346 e. The third-order valence-corrected chi connectivity index (χ3v) is 14.7. The number of fused-ring (bicyclic) bond motifs is 1.